The monoisotopic (exact) mass is 316 g/mol. The molecule has 5 heteroatoms. The van der Waals surface area contributed by atoms with E-state index < -0.39 is 0 Å². The summed E-state index contributed by atoms with van der Waals surface area (Å²) in [5, 5.41) is 3.09. The number of carbonyl (C=O) groups excluding carboxylic acids is 1. The standard InChI is InChI=1S/C17H17FN2OS/c1-11-7-8-13(9-14(11)18)19-17(21)20-10-12(2)22-16-6-4-3-5-15(16)20/h3-9,12H,10H2,1-2H3,(H,19,21)/t12-/m0/s1. The minimum absolute atomic E-state index is 0.233. The van der Waals surface area contributed by atoms with Crippen molar-refractivity contribution < 1.29 is 9.18 Å². The molecule has 2 aromatic carbocycles. The average molecular weight is 316 g/mol. The highest BCUT2D eigenvalue weighted by atomic mass is 32.2. The zero-order valence-corrected chi connectivity index (χ0v) is 13.3. The largest absolute Gasteiger partial charge is 0.326 e. The fourth-order valence-corrected chi connectivity index (χ4v) is 3.56. The van der Waals surface area contributed by atoms with Gasteiger partial charge in [-0.2, -0.15) is 0 Å². The van der Waals surface area contributed by atoms with Gasteiger partial charge in [-0.1, -0.05) is 25.1 Å². The van der Waals surface area contributed by atoms with Crippen molar-refractivity contribution in [3.63, 3.8) is 0 Å². The van der Waals surface area contributed by atoms with Gasteiger partial charge in [0.15, 0.2) is 0 Å². The van der Waals surface area contributed by atoms with E-state index in [0.29, 0.717) is 23.0 Å². The lowest BCUT2D eigenvalue weighted by molar-refractivity contribution is 0.256. The molecule has 1 aliphatic rings. The number of thioether (sulfide) groups is 1. The molecule has 0 unspecified atom stereocenters. The van der Waals surface area contributed by atoms with E-state index in [1.807, 2.05) is 24.3 Å². The van der Waals surface area contributed by atoms with Gasteiger partial charge in [0, 0.05) is 22.4 Å². The van der Waals surface area contributed by atoms with Crippen molar-refractivity contribution in [2.45, 2.75) is 24.0 Å². The molecule has 0 saturated carbocycles. The second kappa shape index (κ2) is 6.01. The van der Waals surface area contributed by atoms with Gasteiger partial charge < -0.3 is 5.32 Å². The van der Waals surface area contributed by atoms with Crippen molar-refractivity contribution in [1.29, 1.82) is 0 Å². The molecule has 0 aliphatic carbocycles. The Bertz CT molecular complexity index is 720. The van der Waals surface area contributed by atoms with Crippen LogP contribution >= 0.6 is 11.8 Å². The van der Waals surface area contributed by atoms with Gasteiger partial charge >= 0.3 is 6.03 Å². The maximum absolute atomic E-state index is 13.6. The summed E-state index contributed by atoms with van der Waals surface area (Å²) in [4.78, 5) is 15.4. The van der Waals surface area contributed by atoms with Gasteiger partial charge in [0.25, 0.3) is 0 Å². The molecule has 0 spiro atoms. The third-order valence-corrected chi connectivity index (χ3v) is 4.74. The molecule has 0 fully saturated rings. The van der Waals surface area contributed by atoms with E-state index >= 15 is 0 Å². The summed E-state index contributed by atoms with van der Waals surface area (Å²) in [5.41, 5.74) is 1.93. The van der Waals surface area contributed by atoms with Gasteiger partial charge in [-0.3, -0.25) is 4.90 Å². The second-order valence-electron chi connectivity index (χ2n) is 5.40. The fraction of sp³-hybridized carbons (Fsp3) is 0.235. The molecule has 2 aromatic rings. The van der Waals surface area contributed by atoms with Crippen molar-refractivity contribution in [3.05, 3.63) is 53.8 Å². The van der Waals surface area contributed by atoms with Crippen LogP contribution < -0.4 is 10.2 Å². The maximum Gasteiger partial charge on any atom is 0.326 e. The number of anilines is 2. The second-order valence-corrected chi connectivity index (χ2v) is 6.88. The number of benzene rings is 2. The Morgan fingerprint density at radius 3 is 2.86 bits per heavy atom. The molecule has 2 amide bonds. The molecule has 1 atom stereocenters. The molecule has 114 valence electrons. The van der Waals surface area contributed by atoms with Crippen LogP contribution in [0.25, 0.3) is 0 Å². The highest BCUT2D eigenvalue weighted by Gasteiger charge is 2.26. The summed E-state index contributed by atoms with van der Waals surface area (Å²) in [6.07, 6.45) is 0. The number of para-hydroxylation sites is 1. The van der Waals surface area contributed by atoms with Gasteiger partial charge in [-0.05, 0) is 36.8 Å². The zero-order valence-electron chi connectivity index (χ0n) is 12.5. The normalized spacial score (nSPS) is 17.0. The van der Waals surface area contributed by atoms with E-state index in [1.165, 1.54) is 6.07 Å². The Balaban J connectivity index is 1.84. The van der Waals surface area contributed by atoms with Crippen LogP contribution in [0.5, 0.6) is 0 Å². The SMILES string of the molecule is Cc1ccc(NC(=O)N2C[C@H](C)Sc3ccccc32)cc1F. The van der Waals surface area contributed by atoms with Crippen molar-refractivity contribution >= 4 is 29.2 Å². The summed E-state index contributed by atoms with van der Waals surface area (Å²) in [6.45, 7) is 4.41. The minimum atomic E-state index is -0.319. The Morgan fingerprint density at radius 1 is 1.32 bits per heavy atom. The molecule has 22 heavy (non-hydrogen) atoms. The Hall–Kier alpha value is -2.01. The van der Waals surface area contributed by atoms with E-state index in [4.69, 9.17) is 0 Å². The van der Waals surface area contributed by atoms with Gasteiger partial charge in [0.2, 0.25) is 0 Å². The number of rotatable bonds is 1. The lowest BCUT2D eigenvalue weighted by atomic mass is 10.2. The van der Waals surface area contributed by atoms with Gasteiger partial charge in [-0.15, -0.1) is 11.8 Å². The number of nitrogens with one attached hydrogen (secondary N) is 1. The number of urea groups is 1. The first-order chi connectivity index (χ1) is 10.5. The lowest BCUT2D eigenvalue weighted by Gasteiger charge is -2.32. The first-order valence-corrected chi connectivity index (χ1v) is 8.03. The summed E-state index contributed by atoms with van der Waals surface area (Å²) in [7, 11) is 0. The first kappa shape index (κ1) is 14.9. The smallest absolute Gasteiger partial charge is 0.307 e. The van der Waals surface area contributed by atoms with Gasteiger partial charge in [0.1, 0.15) is 5.82 Å². The van der Waals surface area contributed by atoms with Crippen LogP contribution in [0, 0.1) is 12.7 Å². The van der Waals surface area contributed by atoms with E-state index in [1.54, 1.807) is 35.7 Å². The molecule has 1 N–H and O–H groups in total. The molecule has 0 bridgehead atoms. The summed E-state index contributed by atoms with van der Waals surface area (Å²) >= 11 is 1.76. The molecule has 3 rings (SSSR count). The number of aryl methyl sites for hydroxylation is 1. The number of hydrogen-bond acceptors (Lipinski definition) is 2. The summed E-state index contributed by atoms with van der Waals surface area (Å²) in [6, 6.07) is 12.3. The molecule has 1 aliphatic heterocycles. The number of fused-ring (bicyclic) bond motifs is 1. The first-order valence-electron chi connectivity index (χ1n) is 7.15. The van der Waals surface area contributed by atoms with Crippen LogP contribution in [0.15, 0.2) is 47.4 Å². The summed E-state index contributed by atoms with van der Waals surface area (Å²) < 4.78 is 13.6. The molecule has 0 saturated heterocycles. The molecule has 3 nitrogen and oxygen atoms in total. The van der Waals surface area contributed by atoms with Crippen molar-refractivity contribution in [3.8, 4) is 0 Å². The van der Waals surface area contributed by atoms with E-state index in [-0.39, 0.29) is 11.8 Å². The lowest BCUT2D eigenvalue weighted by Crippen LogP contribution is -2.41. The predicted molar refractivity (Wildman–Crippen MR) is 89.3 cm³/mol. The molecule has 1 heterocycles. The van der Waals surface area contributed by atoms with Crippen molar-refractivity contribution in [1.82, 2.24) is 0 Å². The Kier molecular flexibility index (Phi) is 4.07. The van der Waals surface area contributed by atoms with Crippen LogP contribution in [0.3, 0.4) is 0 Å². The highest BCUT2D eigenvalue weighted by Crippen LogP contribution is 2.38. The number of halogens is 1. The quantitative estimate of drug-likeness (QED) is 0.829. The Morgan fingerprint density at radius 2 is 2.09 bits per heavy atom. The molecular weight excluding hydrogens is 299 g/mol. The highest BCUT2D eigenvalue weighted by molar-refractivity contribution is 8.00. The van der Waals surface area contributed by atoms with Crippen LogP contribution in [-0.2, 0) is 0 Å². The number of carbonyl (C=O) groups is 1. The van der Waals surface area contributed by atoms with Crippen LogP contribution in [0.2, 0.25) is 0 Å². The molecule has 0 aromatic heterocycles. The van der Waals surface area contributed by atoms with E-state index in [2.05, 4.69) is 12.2 Å². The third kappa shape index (κ3) is 2.95. The number of nitrogens with zero attached hydrogens (tertiary/aromatic N) is 1. The number of hydrogen-bond donors (Lipinski definition) is 1. The summed E-state index contributed by atoms with van der Waals surface area (Å²) in [5.74, 6) is -0.319. The third-order valence-electron chi connectivity index (χ3n) is 3.59. The van der Waals surface area contributed by atoms with Crippen LogP contribution in [0.4, 0.5) is 20.6 Å². The van der Waals surface area contributed by atoms with Gasteiger partial charge in [-0.25, -0.2) is 9.18 Å². The topological polar surface area (TPSA) is 32.3 Å². The molecule has 0 radical (unpaired) electrons. The fourth-order valence-electron chi connectivity index (χ4n) is 2.44. The van der Waals surface area contributed by atoms with E-state index in [9.17, 15) is 9.18 Å². The molecular formula is C17H17FN2OS. The minimum Gasteiger partial charge on any atom is -0.307 e. The average Bonchev–Trinajstić information content (AvgIpc) is 2.50. The van der Waals surface area contributed by atoms with Crippen molar-refractivity contribution in [2.24, 2.45) is 0 Å². The number of amides is 2. The predicted octanol–water partition coefficient (Wildman–Crippen LogP) is 4.67. The zero-order chi connectivity index (χ0) is 15.7. The van der Waals surface area contributed by atoms with Crippen LogP contribution in [0.1, 0.15) is 12.5 Å². The Labute approximate surface area is 133 Å². The van der Waals surface area contributed by atoms with Gasteiger partial charge in [0.05, 0.1) is 5.69 Å². The van der Waals surface area contributed by atoms with Crippen molar-refractivity contribution in [2.75, 3.05) is 16.8 Å². The van der Waals surface area contributed by atoms with E-state index in [0.717, 1.165) is 10.6 Å². The maximum atomic E-state index is 13.6. The van der Waals surface area contributed by atoms with Crippen LogP contribution in [-0.4, -0.2) is 17.8 Å².